The summed E-state index contributed by atoms with van der Waals surface area (Å²) in [6.07, 6.45) is 3.20. The lowest BCUT2D eigenvalue weighted by Gasteiger charge is -2.56. The summed E-state index contributed by atoms with van der Waals surface area (Å²) in [6.45, 7) is 6.75. The molecule has 0 heterocycles. The van der Waals surface area contributed by atoms with Crippen LogP contribution >= 0.6 is 0 Å². The largest absolute Gasteiger partial charge is 0.462 e. The van der Waals surface area contributed by atoms with Crippen LogP contribution in [0.25, 0.3) is 0 Å². The van der Waals surface area contributed by atoms with Gasteiger partial charge in [-0.15, -0.1) is 0 Å². The van der Waals surface area contributed by atoms with E-state index in [1.54, 1.807) is 0 Å². The van der Waals surface area contributed by atoms with E-state index >= 15 is 0 Å². The fraction of sp³-hybridized carbons (Fsp3) is 0.739. The molecule has 0 amide bonds. The standard InChI is InChI=1S/C23H30N2O7/c1-12(26)21-20(25(30)31)11-17-15-10-19(24(28)29)18-9-14(32-13(2)27)5-7-22(18,3)16(15)6-8-23(17,21)4/h14-17H,5-11H2,1-4H3/t14-,15?,16?,17?,22?,23?/m0/s1. The molecule has 0 aliphatic heterocycles. The third-order valence-corrected chi connectivity index (χ3v) is 8.93. The van der Waals surface area contributed by atoms with Crippen LogP contribution in [0.5, 0.6) is 0 Å². The van der Waals surface area contributed by atoms with E-state index in [1.807, 2.05) is 6.92 Å². The molecule has 0 aromatic carbocycles. The number of carbonyl (C=O) groups is 2. The van der Waals surface area contributed by atoms with Crippen molar-refractivity contribution in [2.45, 2.75) is 78.7 Å². The van der Waals surface area contributed by atoms with E-state index in [4.69, 9.17) is 4.74 Å². The Balaban J connectivity index is 1.76. The number of allylic oxidation sites excluding steroid dienone is 3. The molecule has 4 aliphatic carbocycles. The number of rotatable bonds is 4. The number of ketones is 1. The number of carbonyl (C=O) groups excluding carboxylic acids is 2. The van der Waals surface area contributed by atoms with Gasteiger partial charge in [0.05, 0.1) is 15.4 Å². The van der Waals surface area contributed by atoms with Gasteiger partial charge in [-0.1, -0.05) is 13.8 Å². The zero-order valence-electron chi connectivity index (χ0n) is 19.0. The van der Waals surface area contributed by atoms with E-state index in [0.717, 1.165) is 12.0 Å². The molecule has 0 N–H and O–H groups in total. The minimum Gasteiger partial charge on any atom is -0.462 e. The Morgan fingerprint density at radius 1 is 0.906 bits per heavy atom. The van der Waals surface area contributed by atoms with Crippen molar-refractivity contribution in [3.05, 3.63) is 42.8 Å². The van der Waals surface area contributed by atoms with Crippen molar-refractivity contribution >= 4 is 11.8 Å². The van der Waals surface area contributed by atoms with Gasteiger partial charge in [0.15, 0.2) is 5.78 Å². The van der Waals surface area contributed by atoms with E-state index in [9.17, 15) is 29.8 Å². The zero-order valence-corrected chi connectivity index (χ0v) is 19.0. The lowest BCUT2D eigenvalue weighted by atomic mass is 9.47. The Hall–Kier alpha value is -2.58. The van der Waals surface area contributed by atoms with Crippen LogP contribution in [0.1, 0.15) is 72.6 Å². The molecule has 0 aromatic rings. The van der Waals surface area contributed by atoms with Crippen LogP contribution in [0, 0.1) is 48.8 Å². The average Bonchev–Trinajstić information content (AvgIpc) is 3.01. The molecule has 32 heavy (non-hydrogen) atoms. The molecule has 174 valence electrons. The number of ether oxygens (including phenoxy) is 1. The predicted molar refractivity (Wildman–Crippen MR) is 113 cm³/mol. The molecule has 9 heteroatoms. The first-order chi connectivity index (χ1) is 14.9. The highest BCUT2D eigenvalue weighted by molar-refractivity contribution is 5.95. The maximum atomic E-state index is 12.4. The number of nitro groups is 2. The minimum atomic E-state index is -0.625. The molecule has 4 aliphatic rings. The first-order valence-corrected chi connectivity index (χ1v) is 11.3. The van der Waals surface area contributed by atoms with Crippen LogP contribution < -0.4 is 0 Å². The molecular formula is C23H30N2O7. The van der Waals surface area contributed by atoms with Gasteiger partial charge >= 0.3 is 5.97 Å². The fourth-order valence-corrected chi connectivity index (χ4v) is 7.68. The van der Waals surface area contributed by atoms with Gasteiger partial charge in [-0.2, -0.15) is 0 Å². The molecule has 2 fully saturated rings. The summed E-state index contributed by atoms with van der Waals surface area (Å²) in [4.78, 5) is 47.1. The van der Waals surface area contributed by atoms with Crippen LogP contribution in [-0.2, 0) is 14.3 Å². The number of Topliss-reactive ketones (excluding diaryl/α,β-unsaturated/α-hetero) is 1. The molecule has 9 nitrogen and oxygen atoms in total. The van der Waals surface area contributed by atoms with Crippen molar-refractivity contribution in [2.24, 2.45) is 28.6 Å². The van der Waals surface area contributed by atoms with Crippen LogP contribution in [0.15, 0.2) is 22.5 Å². The summed E-state index contributed by atoms with van der Waals surface area (Å²) in [5.74, 6) is -0.767. The molecule has 0 saturated heterocycles. The van der Waals surface area contributed by atoms with Gasteiger partial charge in [0.25, 0.3) is 5.70 Å². The van der Waals surface area contributed by atoms with Crippen molar-refractivity contribution in [2.75, 3.05) is 0 Å². The second kappa shape index (κ2) is 7.49. The van der Waals surface area contributed by atoms with Gasteiger partial charge in [-0.25, -0.2) is 0 Å². The van der Waals surface area contributed by atoms with Crippen molar-refractivity contribution in [1.29, 1.82) is 0 Å². The fourth-order valence-electron chi connectivity index (χ4n) is 7.68. The van der Waals surface area contributed by atoms with Crippen molar-refractivity contribution in [3.8, 4) is 0 Å². The normalized spacial score (nSPS) is 38.5. The molecule has 5 unspecified atom stereocenters. The molecule has 0 radical (unpaired) electrons. The van der Waals surface area contributed by atoms with E-state index in [-0.39, 0.29) is 64.8 Å². The average molecular weight is 447 g/mol. The lowest BCUT2D eigenvalue weighted by molar-refractivity contribution is -0.435. The third kappa shape index (κ3) is 3.19. The van der Waals surface area contributed by atoms with Crippen LogP contribution in [0.2, 0.25) is 0 Å². The summed E-state index contributed by atoms with van der Waals surface area (Å²) in [5, 5.41) is 23.9. The van der Waals surface area contributed by atoms with Gasteiger partial charge in [0, 0.05) is 37.2 Å². The Bertz CT molecular complexity index is 983. The molecule has 0 aromatic heterocycles. The van der Waals surface area contributed by atoms with Gasteiger partial charge in [0.1, 0.15) is 6.10 Å². The van der Waals surface area contributed by atoms with Crippen molar-refractivity contribution in [1.82, 2.24) is 0 Å². The van der Waals surface area contributed by atoms with Crippen LogP contribution in [0.3, 0.4) is 0 Å². The molecule has 0 spiro atoms. The quantitative estimate of drug-likeness (QED) is 0.359. The van der Waals surface area contributed by atoms with Gasteiger partial charge < -0.3 is 4.74 Å². The van der Waals surface area contributed by atoms with Crippen LogP contribution in [-0.4, -0.2) is 27.7 Å². The number of fused-ring (bicyclic) bond motifs is 5. The summed E-state index contributed by atoms with van der Waals surface area (Å²) < 4.78 is 5.40. The highest BCUT2D eigenvalue weighted by Gasteiger charge is 2.63. The van der Waals surface area contributed by atoms with Gasteiger partial charge in [-0.05, 0) is 55.8 Å². The molecular weight excluding hydrogens is 416 g/mol. The van der Waals surface area contributed by atoms with Gasteiger partial charge in [0.2, 0.25) is 5.70 Å². The molecule has 6 atom stereocenters. The number of hydrogen-bond donors (Lipinski definition) is 0. The lowest BCUT2D eigenvalue weighted by Crippen LogP contribution is -2.52. The first kappa shape index (κ1) is 22.6. The molecule has 4 rings (SSSR count). The summed E-state index contributed by atoms with van der Waals surface area (Å²) in [7, 11) is 0. The second-order valence-electron chi connectivity index (χ2n) is 10.5. The van der Waals surface area contributed by atoms with E-state index in [1.165, 1.54) is 13.8 Å². The number of hydrogen-bond acceptors (Lipinski definition) is 7. The van der Waals surface area contributed by atoms with Crippen LogP contribution in [0.4, 0.5) is 0 Å². The first-order valence-electron chi connectivity index (χ1n) is 11.3. The van der Waals surface area contributed by atoms with E-state index < -0.39 is 15.8 Å². The maximum absolute atomic E-state index is 12.4. The maximum Gasteiger partial charge on any atom is 0.302 e. The number of nitrogens with zero attached hydrogens (tertiary/aromatic N) is 2. The van der Waals surface area contributed by atoms with Crippen molar-refractivity contribution < 1.29 is 24.2 Å². The Morgan fingerprint density at radius 3 is 2.09 bits per heavy atom. The Morgan fingerprint density at radius 2 is 1.53 bits per heavy atom. The highest BCUT2D eigenvalue weighted by atomic mass is 16.6. The predicted octanol–water partition coefficient (Wildman–Crippen LogP) is 4.22. The minimum absolute atomic E-state index is 0.00759. The zero-order chi connectivity index (χ0) is 23.6. The number of esters is 1. The third-order valence-electron chi connectivity index (χ3n) is 8.93. The van der Waals surface area contributed by atoms with E-state index in [2.05, 4.69) is 6.92 Å². The Kier molecular flexibility index (Phi) is 5.29. The second-order valence-corrected chi connectivity index (χ2v) is 10.5. The highest BCUT2D eigenvalue weighted by Crippen LogP contribution is 2.67. The summed E-state index contributed by atoms with van der Waals surface area (Å²) >= 11 is 0. The monoisotopic (exact) mass is 446 g/mol. The molecule has 2 saturated carbocycles. The van der Waals surface area contributed by atoms with Gasteiger partial charge in [-0.3, -0.25) is 29.8 Å². The smallest absolute Gasteiger partial charge is 0.302 e. The van der Waals surface area contributed by atoms with E-state index in [0.29, 0.717) is 31.3 Å². The molecule has 0 bridgehead atoms. The topological polar surface area (TPSA) is 130 Å². The van der Waals surface area contributed by atoms with Crippen molar-refractivity contribution in [3.63, 3.8) is 0 Å². The summed E-state index contributed by atoms with van der Waals surface area (Å²) in [5.41, 5.74) is 0.224. The summed E-state index contributed by atoms with van der Waals surface area (Å²) in [6, 6.07) is 0. The Labute approximate surface area is 186 Å². The SMILES string of the molecule is CC(=O)O[C@H]1CCC2(C)C(=C([N+](=O)[O-])CC3C2CCC2(C)C(C(C)=O)=C([N+](=O)[O-])CC32)C1.